The van der Waals surface area contributed by atoms with Crippen molar-refractivity contribution in [3.63, 3.8) is 0 Å². The molecule has 8 aromatic rings. The van der Waals surface area contributed by atoms with Gasteiger partial charge in [-0.15, -0.1) is 0 Å². The van der Waals surface area contributed by atoms with Crippen molar-refractivity contribution in [1.82, 2.24) is 76.5 Å². The highest BCUT2D eigenvalue weighted by Crippen LogP contribution is 2.36. The van der Waals surface area contributed by atoms with Crippen molar-refractivity contribution in [2.75, 3.05) is 76.2 Å². The van der Waals surface area contributed by atoms with Crippen LogP contribution in [0.2, 0.25) is 0 Å². The number of ether oxygens (including phenoxy) is 2. The molecule has 4 aliphatic rings. The van der Waals surface area contributed by atoms with Gasteiger partial charge in [-0.2, -0.15) is 28.4 Å². The highest BCUT2D eigenvalue weighted by molar-refractivity contribution is 7.89. The first kappa shape index (κ1) is 68.9. The molecule has 30 nitrogen and oxygen atoms in total. The van der Waals surface area contributed by atoms with Gasteiger partial charge in [-0.25, -0.2) is 68.3 Å². The zero-order valence-electron chi connectivity index (χ0n) is 53.4. The average molecular weight is 1340 g/mol. The van der Waals surface area contributed by atoms with Crippen LogP contribution in [-0.2, 0) is 73.7 Å². The SMILES string of the molecule is CC(C)(C)C(=O)OCn1ccc2c(C3=CCN=C3)ncnc21.CCS(=O)(=O)N1CC(=CC#N)C1.[C-]#[N+]CC1(n2cc(-c3ncnc4[nH]ccc34)cn2)CN(S(=O)(=O)CC)C1.[C-]#[N+]CC1(n2cc(-c3ncnc4c3ccn4COC(=O)C(C)(C)C)cn2)CN(S(=O)(=O)CC)C1. The van der Waals surface area contributed by atoms with E-state index in [1.165, 1.54) is 38.0 Å². The van der Waals surface area contributed by atoms with E-state index in [2.05, 4.69) is 59.8 Å². The molecule has 8 aromatic heterocycles. The van der Waals surface area contributed by atoms with E-state index in [0.29, 0.717) is 31.0 Å². The summed E-state index contributed by atoms with van der Waals surface area (Å²) in [6.07, 6.45) is 22.1. The average Bonchev–Trinajstić information content (AvgIpc) is 1.28. The van der Waals surface area contributed by atoms with Crippen molar-refractivity contribution in [3.8, 4) is 28.6 Å². The number of nitrogens with one attached hydrogen (secondary N) is 1. The summed E-state index contributed by atoms with van der Waals surface area (Å²) in [5.41, 5.74) is 5.28. The molecule has 0 unspecified atom stereocenters. The number of allylic oxidation sites excluding steroid dienone is 2. The van der Waals surface area contributed by atoms with E-state index in [-0.39, 0.29) is 81.9 Å². The molecule has 3 fully saturated rings. The van der Waals surface area contributed by atoms with Crippen LogP contribution in [0.25, 0.3) is 70.9 Å². The van der Waals surface area contributed by atoms with Crippen molar-refractivity contribution in [2.45, 2.75) is 86.9 Å². The number of carbonyl (C=O) groups excluding carboxylic acids is 2. The monoisotopic (exact) mass is 1340 g/mol. The number of carbonyl (C=O) groups is 2. The maximum atomic E-state index is 12.2. The second-order valence-corrected chi connectivity index (χ2v) is 31.4. The predicted octanol–water partition coefficient (Wildman–Crippen LogP) is 5.77. The minimum absolute atomic E-state index is 0.0203. The van der Waals surface area contributed by atoms with Gasteiger partial charge in [0.2, 0.25) is 43.2 Å². The van der Waals surface area contributed by atoms with E-state index < -0.39 is 52.0 Å². The summed E-state index contributed by atoms with van der Waals surface area (Å²) in [5, 5.41) is 19.7. The number of nitrogens with zero attached hydrogens (tertiary/aromatic N) is 19. The molecule has 494 valence electrons. The Morgan fingerprint density at radius 3 is 1.53 bits per heavy atom. The highest BCUT2D eigenvalue weighted by atomic mass is 32.2. The number of rotatable bonds is 17. The fraction of sp³-hybridized carbons (Fsp3) is 0.443. The number of hydrogen-bond donors (Lipinski definition) is 1. The molecule has 0 aromatic carbocycles. The number of sulfonamides is 3. The van der Waals surface area contributed by atoms with Gasteiger partial charge in [0.25, 0.3) is 0 Å². The van der Waals surface area contributed by atoms with E-state index in [1.807, 2.05) is 69.7 Å². The van der Waals surface area contributed by atoms with Crippen LogP contribution < -0.4 is 0 Å². The molecule has 4 aliphatic heterocycles. The fourth-order valence-corrected chi connectivity index (χ4v) is 13.8. The summed E-state index contributed by atoms with van der Waals surface area (Å²) >= 11 is 0. The summed E-state index contributed by atoms with van der Waals surface area (Å²) in [5.74, 6) is -0.346. The van der Waals surface area contributed by atoms with Gasteiger partial charge in [0.15, 0.2) is 24.5 Å². The van der Waals surface area contributed by atoms with Gasteiger partial charge in [0.05, 0.1) is 70.2 Å². The second kappa shape index (κ2) is 27.6. The lowest BCUT2D eigenvalue weighted by molar-refractivity contribution is -0.157. The van der Waals surface area contributed by atoms with E-state index >= 15 is 0 Å². The zero-order valence-corrected chi connectivity index (χ0v) is 55.9. The van der Waals surface area contributed by atoms with Crippen LogP contribution in [-0.4, -0.2) is 196 Å². The van der Waals surface area contributed by atoms with Gasteiger partial charge in [0, 0.05) is 115 Å². The van der Waals surface area contributed by atoms with Crippen LogP contribution in [0.4, 0.5) is 0 Å². The summed E-state index contributed by atoms with van der Waals surface area (Å²) in [4.78, 5) is 64.2. The van der Waals surface area contributed by atoms with Crippen LogP contribution in [0.5, 0.6) is 0 Å². The van der Waals surface area contributed by atoms with Gasteiger partial charge >= 0.3 is 11.9 Å². The third kappa shape index (κ3) is 14.7. The normalized spacial score (nSPS) is 16.3. The molecule has 33 heteroatoms. The number of esters is 2. The van der Waals surface area contributed by atoms with Crippen molar-refractivity contribution >= 4 is 86.9 Å². The lowest BCUT2D eigenvalue weighted by atomic mass is 9.92. The Morgan fingerprint density at radius 2 is 1.10 bits per heavy atom. The number of H-pyrrole nitrogens is 1. The number of aromatic amines is 1. The number of nitriles is 1. The predicted molar refractivity (Wildman–Crippen MR) is 350 cm³/mol. The number of fused-ring (bicyclic) bond motifs is 3. The molecule has 0 saturated carbocycles. The number of hydrogen-bond acceptors (Lipinski definition) is 20. The van der Waals surface area contributed by atoms with Crippen LogP contribution >= 0.6 is 0 Å². The van der Waals surface area contributed by atoms with Gasteiger partial charge in [0.1, 0.15) is 35.9 Å². The minimum Gasteiger partial charge on any atom is -0.443 e. The number of aromatic nitrogens is 13. The van der Waals surface area contributed by atoms with Gasteiger partial charge in [-0.3, -0.25) is 33.1 Å². The maximum Gasteiger partial charge on any atom is 0.312 e. The summed E-state index contributed by atoms with van der Waals surface area (Å²) in [7, 11) is -9.61. The Bertz CT molecular complexity index is 4720. The standard InChI is InChI=1S/C22H27N7O4S.C16H17N7O2S.C16H18N4O2.C7H10N2O2S/c1-6-34(31,32)28-12-22(13-28,11-23-5)29-10-16(9-26-29)18-17-7-8-27(19(17)25-14-24-18)15-33-20(30)21(2,3)4;1-3-26(24,25)22-9-16(10-22,8-17-2)23-7-12(6-21-23)14-13-4-5-18-15(13)20-11-19-14;1-16(2,3)15(21)22-10-20-7-5-12-13(11-4-6-17-8-11)18-9-19-14(12)20;1-2-12(10,11)9-5-7(6-9)3-4-8/h7-10,14H,6,11-13,15H2,1-4H3;4-7,11H,3,8-10H2,1H3,(H,18,19,20);4-5,7-9H,6,10H2,1-3H3;3H,2,5-6H2,1H3. The quantitative estimate of drug-likeness (QED) is 0.0642. The molecular formula is C61H72N20O10S3. The zero-order chi connectivity index (χ0) is 68.0. The first-order chi connectivity index (χ1) is 44.6. The molecule has 94 heavy (non-hydrogen) atoms. The third-order valence-electron chi connectivity index (χ3n) is 15.9. The first-order valence-corrected chi connectivity index (χ1v) is 34.6. The fourth-order valence-electron chi connectivity index (χ4n) is 10.3. The summed E-state index contributed by atoms with van der Waals surface area (Å²) in [6, 6.07) is 7.56. The largest absolute Gasteiger partial charge is 0.443 e. The van der Waals surface area contributed by atoms with Crippen LogP contribution in [0.3, 0.4) is 0 Å². The van der Waals surface area contributed by atoms with Gasteiger partial charge < -0.3 is 24.1 Å². The maximum absolute atomic E-state index is 12.2. The molecule has 3 saturated heterocycles. The molecule has 12 heterocycles. The first-order valence-electron chi connectivity index (χ1n) is 29.8. The Hall–Kier alpha value is -9.43. The van der Waals surface area contributed by atoms with Gasteiger partial charge in [-0.05, 0) is 86.1 Å². The lowest BCUT2D eigenvalue weighted by Gasteiger charge is -2.45. The van der Waals surface area contributed by atoms with Crippen LogP contribution in [0, 0.1) is 35.3 Å². The molecule has 1 N–H and O–H groups in total. The van der Waals surface area contributed by atoms with Crippen molar-refractivity contribution in [3.05, 3.63) is 127 Å². The van der Waals surface area contributed by atoms with Crippen LogP contribution in [0.15, 0.2) is 103 Å². The highest BCUT2D eigenvalue weighted by Gasteiger charge is 2.54. The second-order valence-electron chi connectivity index (χ2n) is 24.6. The Morgan fingerprint density at radius 1 is 0.649 bits per heavy atom. The minimum atomic E-state index is -3.32. The van der Waals surface area contributed by atoms with Crippen molar-refractivity contribution < 1.29 is 44.3 Å². The number of aliphatic imine (C=N–C) groups is 1. The van der Waals surface area contributed by atoms with E-state index in [9.17, 15) is 34.8 Å². The molecule has 0 spiro atoms. The summed E-state index contributed by atoms with van der Waals surface area (Å²) < 4.78 is 92.6. The van der Waals surface area contributed by atoms with Crippen molar-refractivity contribution in [1.29, 1.82) is 5.26 Å². The van der Waals surface area contributed by atoms with E-state index in [1.54, 1.807) is 91.0 Å². The molecular weight excluding hydrogens is 1270 g/mol. The smallest absolute Gasteiger partial charge is 0.312 e. The summed E-state index contributed by atoms with van der Waals surface area (Å²) in [6.45, 7) is 33.2. The molecule has 0 atom stereocenters. The third-order valence-corrected chi connectivity index (χ3v) is 21.2. The molecule has 0 aliphatic carbocycles. The van der Waals surface area contributed by atoms with E-state index in [4.69, 9.17) is 27.9 Å². The topological polar surface area (TPSA) is 348 Å². The molecule has 12 rings (SSSR count). The molecule has 0 amide bonds. The Labute approximate surface area is 544 Å². The molecule has 0 bridgehead atoms. The van der Waals surface area contributed by atoms with E-state index in [0.717, 1.165) is 61.1 Å². The van der Waals surface area contributed by atoms with Crippen molar-refractivity contribution in [2.24, 2.45) is 15.8 Å². The van der Waals surface area contributed by atoms with Gasteiger partial charge in [-0.1, -0.05) is 6.08 Å². The van der Waals surface area contributed by atoms with Crippen LogP contribution in [0.1, 0.15) is 68.0 Å². The lowest BCUT2D eigenvalue weighted by Crippen LogP contribution is -2.65. The Kier molecular flexibility index (Phi) is 20.3. The Balaban J connectivity index is 0.000000155. The molecule has 0 radical (unpaired) electrons.